The molecule has 2 N–H and O–H groups in total. The first-order valence-corrected chi connectivity index (χ1v) is 10.8. The van der Waals surface area contributed by atoms with Gasteiger partial charge in [-0.1, -0.05) is 32.0 Å². The van der Waals surface area contributed by atoms with Gasteiger partial charge in [0.25, 0.3) is 0 Å². The Kier molecular flexibility index (Phi) is 8.04. The molecule has 0 fully saturated rings. The molecule has 29 heavy (non-hydrogen) atoms. The second-order valence-corrected chi connectivity index (χ2v) is 8.72. The van der Waals surface area contributed by atoms with Gasteiger partial charge in [0.2, 0.25) is 15.9 Å². The number of carbonyl (C=O) groups is 1. The highest BCUT2D eigenvalue weighted by Gasteiger charge is 2.26. The van der Waals surface area contributed by atoms with Crippen LogP contribution >= 0.6 is 0 Å². The summed E-state index contributed by atoms with van der Waals surface area (Å²) in [7, 11) is -0.795. The Labute approximate surface area is 172 Å². The predicted molar refractivity (Wildman–Crippen MR) is 111 cm³/mol. The van der Waals surface area contributed by atoms with E-state index in [-0.39, 0.29) is 23.3 Å². The molecule has 0 heterocycles. The zero-order valence-corrected chi connectivity index (χ0v) is 18.0. The van der Waals surface area contributed by atoms with Gasteiger partial charge >= 0.3 is 0 Å². The normalized spacial score (nSPS) is 12.4. The van der Waals surface area contributed by atoms with Gasteiger partial charge in [-0.15, -0.1) is 0 Å². The van der Waals surface area contributed by atoms with Crippen LogP contribution in [0.15, 0.2) is 53.4 Å². The average molecular weight is 421 g/mol. The van der Waals surface area contributed by atoms with Crippen molar-refractivity contribution in [1.29, 1.82) is 0 Å². The maximum absolute atomic E-state index is 12.8. The zero-order chi connectivity index (χ0) is 21.4. The van der Waals surface area contributed by atoms with E-state index < -0.39 is 16.1 Å². The Morgan fingerprint density at radius 1 is 1.00 bits per heavy atom. The molecule has 2 aromatic carbocycles. The van der Waals surface area contributed by atoms with Crippen LogP contribution in [-0.4, -0.2) is 34.6 Å². The lowest BCUT2D eigenvalue weighted by atomic mass is 10.0. The molecule has 0 unspecified atom stereocenters. The van der Waals surface area contributed by atoms with E-state index in [9.17, 15) is 13.2 Å². The number of carbonyl (C=O) groups excluding carboxylic acids is 1. The molecule has 2 aromatic rings. The summed E-state index contributed by atoms with van der Waals surface area (Å²) in [5.74, 6) is 0.946. The fraction of sp³-hybridized carbons (Fsp3) is 0.381. The van der Waals surface area contributed by atoms with Gasteiger partial charge in [-0.25, -0.2) is 8.42 Å². The van der Waals surface area contributed by atoms with Crippen LogP contribution in [0.5, 0.6) is 11.5 Å². The molecule has 0 bridgehead atoms. The first-order valence-electron chi connectivity index (χ1n) is 9.32. The number of hydrogen-bond acceptors (Lipinski definition) is 5. The average Bonchev–Trinajstić information content (AvgIpc) is 2.71. The summed E-state index contributed by atoms with van der Waals surface area (Å²) in [5, 5.41) is 2.81. The van der Waals surface area contributed by atoms with Gasteiger partial charge in [-0.2, -0.15) is 4.72 Å². The van der Waals surface area contributed by atoms with E-state index >= 15 is 0 Å². The Morgan fingerprint density at radius 2 is 1.66 bits per heavy atom. The minimum absolute atomic E-state index is 0.0737. The molecule has 0 aliphatic carbocycles. The molecule has 1 atom stereocenters. The van der Waals surface area contributed by atoms with Crippen molar-refractivity contribution < 1.29 is 22.7 Å². The van der Waals surface area contributed by atoms with Crippen LogP contribution in [0, 0.1) is 5.92 Å². The van der Waals surface area contributed by atoms with Crippen LogP contribution < -0.4 is 19.5 Å². The number of para-hydroxylation sites is 1. The van der Waals surface area contributed by atoms with Gasteiger partial charge < -0.3 is 14.8 Å². The molecule has 0 spiro atoms. The molecule has 158 valence electrons. The molecule has 1 amide bonds. The topological polar surface area (TPSA) is 93.7 Å². The Hall–Kier alpha value is -2.58. The minimum atomic E-state index is -3.86. The van der Waals surface area contributed by atoms with Crippen molar-refractivity contribution in [2.45, 2.75) is 37.8 Å². The number of rotatable bonds is 10. The van der Waals surface area contributed by atoms with Crippen LogP contribution in [0.25, 0.3) is 0 Å². The number of nitrogens with one attached hydrogen (secondary N) is 2. The maximum Gasteiger partial charge on any atom is 0.241 e. The molecule has 2 rings (SSSR count). The summed E-state index contributed by atoms with van der Waals surface area (Å²) >= 11 is 0. The summed E-state index contributed by atoms with van der Waals surface area (Å²) in [5.41, 5.74) is 0.810. The molecule has 0 radical (unpaired) electrons. The predicted octanol–water partition coefficient (Wildman–Crippen LogP) is 2.71. The lowest BCUT2D eigenvalue weighted by molar-refractivity contribution is -0.123. The minimum Gasteiger partial charge on any atom is -0.497 e. The van der Waals surface area contributed by atoms with Crippen molar-refractivity contribution in [2.24, 2.45) is 5.92 Å². The number of hydrogen-bond donors (Lipinski definition) is 2. The number of amides is 1. The standard InChI is InChI=1S/C21H28N2O5S/c1-15(2)13-19(21(24)22-14-16-7-5-6-8-20(16)28-4)23-29(25,26)18-11-9-17(27-3)10-12-18/h5-12,15,19,23H,13-14H2,1-4H3,(H,22,24)/t19-/m1/s1. The third-order valence-electron chi connectivity index (χ3n) is 4.34. The SMILES string of the molecule is COc1ccc(S(=O)(=O)N[C@H](CC(C)C)C(=O)NCc2ccccc2OC)cc1. The van der Waals surface area contributed by atoms with E-state index in [1.807, 2.05) is 32.0 Å². The largest absolute Gasteiger partial charge is 0.497 e. The van der Waals surface area contributed by atoms with Gasteiger partial charge in [-0.3, -0.25) is 4.79 Å². The summed E-state index contributed by atoms with van der Waals surface area (Å²) in [6.45, 7) is 4.10. The van der Waals surface area contributed by atoms with Crippen molar-refractivity contribution in [2.75, 3.05) is 14.2 Å². The molecule has 0 aromatic heterocycles. The summed E-state index contributed by atoms with van der Waals surface area (Å²) in [6.07, 6.45) is 0.368. The van der Waals surface area contributed by atoms with E-state index in [1.165, 1.54) is 19.2 Å². The molecule has 0 aliphatic heterocycles. The van der Waals surface area contributed by atoms with Gasteiger partial charge in [0.15, 0.2) is 0 Å². The van der Waals surface area contributed by atoms with Crippen molar-refractivity contribution in [1.82, 2.24) is 10.0 Å². The van der Waals surface area contributed by atoms with Crippen LogP contribution in [0.1, 0.15) is 25.8 Å². The summed E-state index contributed by atoms with van der Waals surface area (Å²) in [4.78, 5) is 12.8. The number of methoxy groups -OCH3 is 2. The molecular weight excluding hydrogens is 392 g/mol. The summed E-state index contributed by atoms with van der Waals surface area (Å²) in [6, 6.07) is 12.5. The van der Waals surface area contributed by atoms with E-state index in [0.717, 1.165) is 5.56 Å². The molecule has 0 saturated heterocycles. The van der Waals surface area contributed by atoms with Crippen molar-refractivity contribution in [3.63, 3.8) is 0 Å². The van der Waals surface area contributed by atoms with E-state index in [0.29, 0.717) is 17.9 Å². The van der Waals surface area contributed by atoms with E-state index in [1.54, 1.807) is 25.3 Å². The lowest BCUT2D eigenvalue weighted by Gasteiger charge is -2.20. The number of sulfonamides is 1. The number of benzene rings is 2. The quantitative estimate of drug-likeness (QED) is 0.616. The van der Waals surface area contributed by atoms with Crippen LogP contribution in [0.2, 0.25) is 0 Å². The van der Waals surface area contributed by atoms with E-state index in [2.05, 4.69) is 10.0 Å². The highest BCUT2D eigenvalue weighted by atomic mass is 32.2. The molecule has 0 aliphatic rings. The highest BCUT2D eigenvalue weighted by molar-refractivity contribution is 7.89. The maximum atomic E-state index is 12.8. The second-order valence-electron chi connectivity index (χ2n) is 7.01. The Bertz CT molecular complexity index is 911. The van der Waals surface area contributed by atoms with Crippen LogP contribution in [0.4, 0.5) is 0 Å². The fourth-order valence-electron chi connectivity index (χ4n) is 2.84. The Morgan fingerprint density at radius 3 is 2.24 bits per heavy atom. The van der Waals surface area contributed by atoms with Gasteiger partial charge in [0, 0.05) is 12.1 Å². The monoisotopic (exact) mass is 420 g/mol. The lowest BCUT2D eigenvalue weighted by Crippen LogP contribution is -2.47. The zero-order valence-electron chi connectivity index (χ0n) is 17.1. The second kappa shape index (κ2) is 10.3. The third kappa shape index (κ3) is 6.47. The van der Waals surface area contributed by atoms with Crippen LogP contribution in [0.3, 0.4) is 0 Å². The first-order chi connectivity index (χ1) is 13.8. The molecule has 7 nitrogen and oxygen atoms in total. The van der Waals surface area contributed by atoms with Gasteiger partial charge in [0.1, 0.15) is 17.5 Å². The fourth-order valence-corrected chi connectivity index (χ4v) is 4.05. The van der Waals surface area contributed by atoms with Gasteiger partial charge in [-0.05, 0) is 42.7 Å². The van der Waals surface area contributed by atoms with Gasteiger partial charge in [0.05, 0.1) is 19.1 Å². The smallest absolute Gasteiger partial charge is 0.241 e. The highest BCUT2D eigenvalue weighted by Crippen LogP contribution is 2.18. The summed E-state index contributed by atoms with van der Waals surface area (Å²) < 4.78 is 38.4. The van der Waals surface area contributed by atoms with Crippen LogP contribution in [-0.2, 0) is 21.4 Å². The molecule has 8 heteroatoms. The third-order valence-corrected chi connectivity index (χ3v) is 5.82. The first kappa shape index (κ1) is 22.7. The van der Waals surface area contributed by atoms with Crippen molar-refractivity contribution >= 4 is 15.9 Å². The van der Waals surface area contributed by atoms with E-state index in [4.69, 9.17) is 9.47 Å². The van der Waals surface area contributed by atoms with Crippen molar-refractivity contribution in [3.05, 3.63) is 54.1 Å². The molecule has 0 saturated carbocycles. The molecular formula is C21H28N2O5S. The number of ether oxygens (including phenoxy) is 2. The van der Waals surface area contributed by atoms with Crippen molar-refractivity contribution in [3.8, 4) is 11.5 Å². The Balaban J connectivity index is 2.13.